The largest absolute Gasteiger partial charge is 0.453 e. The van der Waals surface area contributed by atoms with Crippen molar-refractivity contribution in [1.82, 2.24) is 29.1 Å². The average Bonchev–Trinajstić information content (AvgIpc) is 3.41. The predicted molar refractivity (Wildman–Crippen MR) is 124 cm³/mol. The topological polar surface area (TPSA) is 90.0 Å². The van der Waals surface area contributed by atoms with E-state index in [1.54, 1.807) is 13.8 Å². The number of carbonyl (C=O) groups excluding carboxylic acids is 1. The number of benzene rings is 1. The van der Waals surface area contributed by atoms with Gasteiger partial charge in [0.2, 0.25) is 11.9 Å². The fourth-order valence-electron chi connectivity index (χ4n) is 4.96. The number of aromatic nitrogens is 6. The van der Waals surface area contributed by atoms with Crippen LogP contribution in [0, 0.1) is 13.8 Å². The van der Waals surface area contributed by atoms with Crippen LogP contribution < -0.4 is 5.32 Å². The van der Waals surface area contributed by atoms with Gasteiger partial charge in [0.05, 0.1) is 11.0 Å². The van der Waals surface area contributed by atoms with E-state index in [9.17, 15) is 18.0 Å². The summed E-state index contributed by atoms with van der Waals surface area (Å²) in [7, 11) is 0. The number of amides is 1. The lowest BCUT2D eigenvalue weighted by Gasteiger charge is -2.25. The van der Waals surface area contributed by atoms with Crippen LogP contribution in [0.5, 0.6) is 0 Å². The van der Waals surface area contributed by atoms with Crippen LogP contribution in [0.25, 0.3) is 16.8 Å². The first-order valence-electron chi connectivity index (χ1n) is 11.8. The van der Waals surface area contributed by atoms with Crippen molar-refractivity contribution in [3.05, 3.63) is 47.0 Å². The standard InChI is InChI=1S/C24H26F3N7O/c1-14-17(15(2)34-23(28-14)31-21(32-34)24(25,26)27)12-13-20(35)30-22-29-18-10-6-7-11-19(18)33(22)16-8-4-3-5-9-16/h6-7,10-11,16H,3-5,8-9,12-13H2,1-2H3,(H,29,30,35). The second-order valence-corrected chi connectivity index (χ2v) is 9.04. The SMILES string of the molecule is Cc1nc2nc(C(F)(F)F)nn2c(C)c1CCC(=O)Nc1nc2ccccc2n1C1CCCCC1. The van der Waals surface area contributed by atoms with Gasteiger partial charge in [-0.2, -0.15) is 18.2 Å². The maximum Gasteiger partial charge on any atom is 0.453 e. The van der Waals surface area contributed by atoms with Crippen LogP contribution in [0.15, 0.2) is 24.3 Å². The van der Waals surface area contributed by atoms with Crippen molar-refractivity contribution in [2.75, 3.05) is 5.32 Å². The van der Waals surface area contributed by atoms with Gasteiger partial charge in [0.15, 0.2) is 0 Å². The number of hydrogen-bond acceptors (Lipinski definition) is 5. The highest BCUT2D eigenvalue weighted by atomic mass is 19.4. The van der Waals surface area contributed by atoms with E-state index in [0.29, 0.717) is 29.3 Å². The van der Waals surface area contributed by atoms with E-state index in [-0.39, 0.29) is 24.1 Å². The van der Waals surface area contributed by atoms with Gasteiger partial charge in [0.25, 0.3) is 11.6 Å². The van der Waals surface area contributed by atoms with Crippen molar-refractivity contribution >= 4 is 28.7 Å². The van der Waals surface area contributed by atoms with Crippen molar-refractivity contribution in [2.45, 2.75) is 71.0 Å². The first-order valence-corrected chi connectivity index (χ1v) is 11.8. The fourth-order valence-corrected chi connectivity index (χ4v) is 4.96. The van der Waals surface area contributed by atoms with Gasteiger partial charge in [-0.3, -0.25) is 10.1 Å². The van der Waals surface area contributed by atoms with E-state index >= 15 is 0 Å². The maximum atomic E-state index is 13.0. The summed E-state index contributed by atoms with van der Waals surface area (Å²) >= 11 is 0. The molecule has 1 saturated carbocycles. The van der Waals surface area contributed by atoms with E-state index < -0.39 is 12.0 Å². The first-order chi connectivity index (χ1) is 16.7. The molecule has 0 aliphatic heterocycles. The number of carbonyl (C=O) groups is 1. The smallest absolute Gasteiger partial charge is 0.307 e. The highest BCUT2D eigenvalue weighted by Crippen LogP contribution is 2.34. The van der Waals surface area contributed by atoms with Crippen LogP contribution in [0.1, 0.15) is 67.3 Å². The van der Waals surface area contributed by atoms with Gasteiger partial charge in [-0.05, 0) is 50.8 Å². The molecule has 35 heavy (non-hydrogen) atoms. The van der Waals surface area contributed by atoms with Gasteiger partial charge in [-0.15, -0.1) is 5.10 Å². The van der Waals surface area contributed by atoms with Crippen LogP contribution in [0.2, 0.25) is 0 Å². The number of aryl methyl sites for hydroxylation is 2. The van der Waals surface area contributed by atoms with E-state index in [0.717, 1.165) is 41.2 Å². The first kappa shape index (κ1) is 23.3. The van der Waals surface area contributed by atoms with E-state index in [4.69, 9.17) is 0 Å². The zero-order valence-corrected chi connectivity index (χ0v) is 19.6. The van der Waals surface area contributed by atoms with Gasteiger partial charge in [-0.1, -0.05) is 31.4 Å². The molecule has 0 bridgehead atoms. The Morgan fingerprint density at radius 2 is 1.83 bits per heavy atom. The number of anilines is 1. The number of alkyl halides is 3. The lowest BCUT2D eigenvalue weighted by Crippen LogP contribution is -2.20. The van der Waals surface area contributed by atoms with Gasteiger partial charge in [0, 0.05) is 23.9 Å². The number of hydrogen-bond donors (Lipinski definition) is 1. The van der Waals surface area contributed by atoms with Crippen LogP contribution >= 0.6 is 0 Å². The fraction of sp³-hybridized carbons (Fsp3) is 0.458. The molecule has 3 aromatic heterocycles. The molecule has 0 unspecified atom stereocenters. The predicted octanol–water partition coefficient (Wildman–Crippen LogP) is 5.19. The average molecular weight is 486 g/mol. The van der Waals surface area contributed by atoms with Crippen LogP contribution in [-0.2, 0) is 17.4 Å². The van der Waals surface area contributed by atoms with E-state index in [1.165, 1.54) is 6.42 Å². The molecule has 8 nitrogen and oxygen atoms in total. The molecule has 5 rings (SSSR count). The van der Waals surface area contributed by atoms with Crippen LogP contribution in [0.4, 0.5) is 19.1 Å². The molecule has 0 saturated heterocycles. The summed E-state index contributed by atoms with van der Waals surface area (Å²) < 4.78 is 42.3. The second-order valence-electron chi connectivity index (χ2n) is 9.04. The summed E-state index contributed by atoms with van der Waals surface area (Å²) in [5.41, 5.74) is 3.52. The number of rotatable bonds is 5. The van der Waals surface area contributed by atoms with Crippen molar-refractivity contribution in [3.8, 4) is 0 Å². The van der Waals surface area contributed by atoms with E-state index in [1.807, 2.05) is 24.3 Å². The highest BCUT2D eigenvalue weighted by Gasteiger charge is 2.37. The van der Waals surface area contributed by atoms with Crippen LogP contribution in [0.3, 0.4) is 0 Å². The lowest BCUT2D eigenvalue weighted by atomic mass is 9.95. The monoisotopic (exact) mass is 485 g/mol. The molecule has 0 atom stereocenters. The van der Waals surface area contributed by atoms with Crippen molar-refractivity contribution < 1.29 is 18.0 Å². The minimum Gasteiger partial charge on any atom is -0.307 e. The zero-order valence-electron chi connectivity index (χ0n) is 19.6. The quantitative estimate of drug-likeness (QED) is 0.420. The Bertz CT molecular complexity index is 1400. The molecule has 0 radical (unpaired) electrons. The zero-order chi connectivity index (χ0) is 24.7. The lowest BCUT2D eigenvalue weighted by molar-refractivity contribution is -0.144. The Hall–Kier alpha value is -3.50. The Balaban J connectivity index is 1.37. The summed E-state index contributed by atoms with van der Waals surface area (Å²) in [6.45, 7) is 3.36. The molecule has 11 heteroatoms. The van der Waals surface area contributed by atoms with Gasteiger partial charge >= 0.3 is 6.18 Å². The number of imidazole rings is 1. The number of halogens is 3. The molecule has 1 aromatic carbocycles. The Morgan fingerprint density at radius 1 is 1.09 bits per heavy atom. The van der Waals surface area contributed by atoms with Crippen LogP contribution in [-0.4, -0.2) is 35.0 Å². The molecule has 0 spiro atoms. The Morgan fingerprint density at radius 3 is 2.57 bits per heavy atom. The molecule has 4 aromatic rings. The van der Waals surface area contributed by atoms with Crippen molar-refractivity contribution in [3.63, 3.8) is 0 Å². The summed E-state index contributed by atoms with van der Waals surface area (Å²) in [4.78, 5) is 25.3. The molecule has 1 amide bonds. The Kier molecular flexibility index (Phi) is 5.94. The third-order valence-electron chi connectivity index (χ3n) is 6.69. The number of para-hydroxylation sites is 2. The molecule has 184 valence electrons. The summed E-state index contributed by atoms with van der Waals surface area (Å²) in [6.07, 6.45) is 1.39. The summed E-state index contributed by atoms with van der Waals surface area (Å²) in [6, 6.07) is 8.14. The summed E-state index contributed by atoms with van der Waals surface area (Å²) in [5.74, 6) is -1.02. The minimum absolute atomic E-state index is 0.110. The molecular formula is C24H26F3N7O. The number of nitrogens with zero attached hydrogens (tertiary/aromatic N) is 6. The van der Waals surface area contributed by atoms with E-state index in [2.05, 4.69) is 29.9 Å². The third kappa shape index (κ3) is 4.46. The number of nitrogens with one attached hydrogen (secondary N) is 1. The molecule has 1 fully saturated rings. The third-order valence-corrected chi connectivity index (χ3v) is 6.69. The van der Waals surface area contributed by atoms with Gasteiger partial charge in [-0.25, -0.2) is 14.5 Å². The number of fused-ring (bicyclic) bond motifs is 2. The van der Waals surface area contributed by atoms with Gasteiger partial charge in [0.1, 0.15) is 0 Å². The van der Waals surface area contributed by atoms with Crippen molar-refractivity contribution in [1.29, 1.82) is 0 Å². The molecule has 1 aliphatic rings. The Labute approximate surface area is 199 Å². The molecule has 1 aliphatic carbocycles. The second kappa shape index (κ2) is 8.94. The minimum atomic E-state index is -4.65. The maximum absolute atomic E-state index is 13.0. The van der Waals surface area contributed by atoms with Crippen molar-refractivity contribution in [2.24, 2.45) is 0 Å². The molecular weight excluding hydrogens is 459 g/mol. The van der Waals surface area contributed by atoms with Gasteiger partial charge < -0.3 is 4.57 Å². The normalized spacial score (nSPS) is 15.2. The summed E-state index contributed by atoms with van der Waals surface area (Å²) in [5, 5.41) is 6.55. The molecule has 3 heterocycles. The molecule has 1 N–H and O–H groups in total. The highest BCUT2D eigenvalue weighted by molar-refractivity contribution is 5.91.